The smallest absolute Gasteiger partial charge is 0.251 e. The number of amides is 1. The number of fused-ring (bicyclic) bond motifs is 10. The third-order valence-corrected chi connectivity index (χ3v) is 4.80. The molecule has 98 valence electrons. The first-order valence-electron chi connectivity index (χ1n) is 6.98. The van der Waals surface area contributed by atoms with Crippen molar-refractivity contribution >= 4 is 5.91 Å². The van der Waals surface area contributed by atoms with E-state index in [0.717, 1.165) is 11.1 Å². The van der Waals surface area contributed by atoms with Crippen LogP contribution in [0.15, 0.2) is 48.5 Å². The van der Waals surface area contributed by atoms with Crippen molar-refractivity contribution in [3.05, 3.63) is 70.8 Å². The van der Waals surface area contributed by atoms with Crippen LogP contribution in [0, 0.1) is 0 Å². The van der Waals surface area contributed by atoms with Gasteiger partial charge in [0.1, 0.15) is 6.10 Å². The van der Waals surface area contributed by atoms with E-state index in [0.29, 0.717) is 0 Å². The Balaban J connectivity index is 1.73. The van der Waals surface area contributed by atoms with E-state index in [4.69, 9.17) is 4.74 Å². The average molecular weight is 263 g/mol. The molecule has 1 amide bonds. The molecule has 0 saturated carbocycles. The summed E-state index contributed by atoms with van der Waals surface area (Å²) in [6, 6.07) is 16.3. The zero-order valence-electron chi connectivity index (χ0n) is 10.7. The van der Waals surface area contributed by atoms with Crippen molar-refractivity contribution in [1.82, 2.24) is 5.32 Å². The number of hydrogen-bond acceptors (Lipinski definition) is 2. The van der Waals surface area contributed by atoms with E-state index in [2.05, 4.69) is 29.6 Å². The highest BCUT2D eigenvalue weighted by molar-refractivity contribution is 5.97. The molecule has 3 aliphatic rings. The van der Waals surface area contributed by atoms with Gasteiger partial charge in [0.15, 0.2) is 0 Å². The van der Waals surface area contributed by atoms with Crippen LogP contribution in [-0.4, -0.2) is 11.9 Å². The summed E-state index contributed by atoms with van der Waals surface area (Å²) >= 11 is 0. The van der Waals surface area contributed by atoms with Crippen LogP contribution >= 0.6 is 0 Å². The van der Waals surface area contributed by atoms with Gasteiger partial charge in [-0.15, -0.1) is 0 Å². The fourth-order valence-electron chi connectivity index (χ4n) is 4.01. The summed E-state index contributed by atoms with van der Waals surface area (Å²) in [5, 5.41) is 3.14. The zero-order valence-corrected chi connectivity index (χ0v) is 10.7. The van der Waals surface area contributed by atoms with Gasteiger partial charge in [0.2, 0.25) is 0 Å². The SMILES string of the molecule is O=C1NC2C(c3ccccc31)[C@@H]1O[C@H]2c2ccccc21. The van der Waals surface area contributed by atoms with Gasteiger partial charge in [-0.3, -0.25) is 4.79 Å². The van der Waals surface area contributed by atoms with Gasteiger partial charge in [-0.2, -0.15) is 0 Å². The van der Waals surface area contributed by atoms with Gasteiger partial charge in [0.25, 0.3) is 5.91 Å². The van der Waals surface area contributed by atoms with Gasteiger partial charge in [-0.1, -0.05) is 42.5 Å². The fraction of sp³-hybridized carbons (Fsp3) is 0.235. The highest BCUT2D eigenvalue weighted by Gasteiger charge is 2.55. The maximum absolute atomic E-state index is 12.2. The minimum absolute atomic E-state index is 0.00138. The standard InChI is InChI=1S/C17H13NO2/c19-17-12-8-4-1-5-9(12)13-14(18-17)16-11-7-3-2-6-10(11)15(13)20-16/h1-8,13-16H,(H,18,19)/t13?,14?,15-,16+/m1/s1. The molecule has 1 saturated heterocycles. The minimum Gasteiger partial charge on any atom is -0.363 e. The van der Waals surface area contributed by atoms with Crippen molar-refractivity contribution in [2.75, 3.05) is 0 Å². The highest BCUT2D eigenvalue weighted by Crippen LogP contribution is 2.58. The minimum atomic E-state index is -0.00138. The van der Waals surface area contributed by atoms with Crippen LogP contribution in [-0.2, 0) is 4.74 Å². The molecule has 2 bridgehead atoms. The summed E-state index contributed by atoms with van der Waals surface area (Å²) in [5.41, 5.74) is 4.44. The van der Waals surface area contributed by atoms with Crippen LogP contribution in [0.2, 0.25) is 0 Å². The summed E-state index contributed by atoms with van der Waals surface area (Å²) in [4.78, 5) is 12.2. The summed E-state index contributed by atoms with van der Waals surface area (Å²) in [7, 11) is 0. The molecule has 1 N–H and O–H groups in total. The first-order chi connectivity index (χ1) is 9.84. The van der Waals surface area contributed by atoms with Crippen LogP contribution in [0.4, 0.5) is 0 Å². The molecule has 1 fully saturated rings. The van der Waals surface area contributed by atoms with Crippen molar-refractivity contribution in [1.29, 1.82) is 0 Å². The van der Waals surface area contributed by atoms with E-state index in [9.17, 15) is 4.79 Å². The Labute approximate surface area is 116 Å². The second-order valence-electron chi connectivity index (χ2n) is 5.72. The van der Waals surface area contributed by atoms with Gasteiger partial charge >= 0.3 is 0 Å². The van der Waals surface area contributed by atoms with E-state index in [1.54, 1.807) is 0 Å². The molecule has 3 nitrogen and oxygen atoms in total. The number of carbonyl (C=O) groups excluding carboxylic acids is 1. The Kier molecular flexibility index (Phi) is 1.86. The molecule has 5 rings (SSSR count). The molecule has 20 heavy (non-hydrogen) atoms. The maximum Gasteiger partial charge on any atom is 0.251 e. The molecular formula is C17H13NO2. The van der Waals surface area contributed by atoms with E-state index in [-0.39, 0.29) is 30.1 Å². The lowest BCUT2D eigenvalue weighted by atomic mass is 9.73. The zero-order chi connectivity index (χ0) is 13.3. The second-order valence-corrected chi connectivity index (χ2v) is 5.72. The van der Waals surface area contributed by atoms with Gasteiger partial charge in [0, 0.05) is 11.5 Å². The van der Waals surface area contributed by atoms with Crippen LogP contribution in [0.1, 0.15) is 45.2 Å². The van der Waals surface area contributed by atoms with E-state index in [1.807, 2.05) is 24.3 Å². The molecule has 0 spiro atoms. The third kappa shape index (κ3) is 1.12. The third-order valence-electron chi connectivity index (χ3n) is 4.80. The highest BCUT2D eigenvalue weighted by atomic mass is 16.5. The largest absolute Gasteiger partial charge is 0.363 e. The normalized spacial score (nSPS) is 32.3. The quantitative estimate of drug-likeness (QED) is 0.793. The summed E-state index contributed by atoms with van der Waals surface area (Å²) in [5.74, 6) is 0.263. The van der Waals surface area contributed by atoms with Crippen LogP contribution in [0.25, 0.3) is 0 Å². The van der Waals surface area contributed by atoms with Crippen molar-refractivity contribution in [2.24, 2.45) is 0 Å². The second kappa shape index (κ2) is 3.49. The van der Waals surface area contributed by atoms with Gasteiger partial charge in [-0.25, -0.2) is 0 Å². The predicted octanol–water partition coefficient (Wildman–Crippen LogP) is 2.71. The summed E-state index contributed by atoms with van der Waals surface area (Å²) in [6.07, 6.45) is 0.0708. The molecule has 2 aromatic rings. The molecule has 3 heteroatoms. The molecule has 3 aliphatic heterocycles. The Bertz CT molecular complexity index is 739. The fourth-order valence-corrected chi connectivity index (χ4v) is 4.01. The lowest BCUT2D eigenvalue weighted by molar-refractivity contribution is 0.0611. The van der Waals surface area contributed by atoms with E-state index < -0.39 is 0 Å². The Hall–Kier alpha value is -2.13. The lowest BCUT2D eigenvalue weighted by Gasteiger charge is -2.35. The summed E-state index contributed by atoms with van der Waals surface area (Å²) in [6.45, 7) is 0. The molecule has 2 aromatic carbocycles. The van der Waals surface area contributed by atoms with Crippen LogP contribution in [0.5, 0.6) is 0 Å². The van der Waals surface area contributed by atoms with Gasteiger partial charge in [0.05, 0.1) is 12.1 Å². The summed E-state index contributed by atoms with van der Waals surface area (Å²) < 4.78 is 6.18. The van der Waals surface area contributed by atoms with Gasteiger partial charge in [-0.05, 0) is 22.8 Å². The van der Waals surface area contributed by atoms with E-state index in [1.165, 1.54) is 11.1 Å². The van der Waals surface area contributed by atoms with Crippen molar-refractivity contribution < 1.29 is 9.53 Å². The van der Waals surface area contributed by atoms with Crippen LogP contribution < -0.4 is 5.32 Å². The average Bonchev–Trinajstić information content (AvgIpc) is 3.05. The number of hydrogen-bond donors (Lipinski definition) is 1. The molecule has 0 radical (unpaired) electrons. The first kappa shape index (κ1) is 10.6. The molecule has 0 aromatic heterocycles. The number of benzene rings is 2. The van der Waals surface area contributed by atoms with Crippen molar-refractivity contribution in [3.63, 3.8) is 0 Å². The Morgan fingerprint density at radius 2 is 1.50 bits per heavy atom. The molecule has 2 unspecified atom stereocenters. The van der Waals surface area contributed by atoms with Gasteiger partial charge < -0.3 is 10.1 Å². The molecular weight excluding hydrogens is 250 g/mol. The number of carbonyl (C=O) groups is 1. The predicted molar refractivity (Wildman–Crippen MR) is 73.4 cm³/mol. The molecule has 4 atom stereocenters. The first-order valence-corrected chi connectivity index (χ1v) is 6.98. The Morgan fingerprint density at radius 1 is 0.850 bits per heavy atom. The van der Waals surface area contributed by atoms with Crippen LogP contribution in [0.3, 0.4) is 0 Å². The number of ether oxygens (including phenoxy) is 1. The van der Waals surface area contributed by atoms with E-state index >= 15 is 0 Å². The monoisotopic (exact) mass is 263 g/mol. The van der Waals surface area contributed by atoms with Crippen molar-refractivity contribution in [3.8, 4) is 0 Å². The number of rotatable bonds is 0. The number of nitrogens with one attached hydrogen (secondary N) is 1. The Morgan fingerprint density at radius 3 is 2.30 bits per heavy atom. The molecule has 0 aliphatic carbocycles. The topological polar surface area (TPSA) is 38.3 Å². The molecule has 3 heterocycles. The van der Waals surface area contributed by atoms with Crippen molar-refractivity contribution in [2.45, 2.75) is 24.2 Å². The maximum atomic E-state index is 12.2. The lowest BCUT2D eigenvalue weighted by Crippen LogP contribution is -2.46.